The van der Waals surface area contributed by atoms with Gasteiger partial charge in [0.2, 0.25) is 0 Å². The maximum absolute atomic E-state index is 5.47. The number of nitrogens with one attached hydrogen (secondary N) is 2. The molecule has 0 spiro atoms. The SMILES string of the molecule is CCNC(=NCc1cccnc1N1CCOCC1)NCCCN(C(C)C)C(C)C. The first-order valence-corrected chi connectivity index (χ1v) is 11.1. The van der Waals surface area contributed by atoms with Crippen LogP contribution in [0.4, 0.5) is 5.82 Å². The van der Waals surface area contributed by atoms with Gasteiger partial charge in [0.25, 0.3) is 0 Å². The number of hydrogen-bond donors (Lipinski definition) is 2. The molecule has 164 valence electrons. The van der Waals surface area contributed by atoms with Gasteiger partial charge in [-0.05, 0) is 47.1 Å². The zero-order chi connectivity index (χ0) is 21.1. The summed E-state index contributed by atoms with van der Waals surface area (Å²) in [6, 6.07) is 5.25. The van der Waals surface area contributed by atoms with Crippen LogP contribution >= 0.6 is 0 Å². The van der Waals surface area contributed by atoms with E-state index in [9.17, 15) is 0 Å². The summed E-state index contributed by atoms with van der Waals surface area (Å²) >= 11 is 0. The van der Waals surface area contributed by atoms with Crippen LogP contribution in [0.1, 0.15) is 46.6 Å². The number of rotatable bonds is 10. The Morgan fingerprint density at radius 3 is 2.59 bits per heavy atom. The lowest BCUT2D eigenvalue weighted by atomic mass is 10.2. The number of morpholine rings is 1. The number of anilines is 1. The number of aromatic nitrogens is 1. The Morgan fingerprint density at radius 2 is 1.93 bits per heavy atom. The molecule has 1 aliphatic heterocycles. The Kier molecular flexibility index (Phi) is 10.2. The number of guanidine groups is 1. The Labute approximate surface area is 176 Å². The maximum Gasteiger partial charge on any atom is 0.191 e. The fourth-order valence-corrected chi connectivity index (χ4v) is 3.70. The minimum absolute atomic E-state index is 0.570. The van der Waals surface area contributed by atoms with Gasteiger partial charge in [-0.15, -0.1) is 0 Å². The highest BCUT2D eigenvalue weighted by Gasteiger charge is 2.16. The van der Waals surface area contributed by atoms with Crippen LogP contribution in [0.2, 0.25) is 0 Å². The minimum atomic E-state index is 0.570. The van der Waals surface area contributed by atoms with Crippen molar-refractivity contribution in [1.82, 2.24) is 20.5 Å². The molecule has 2 rings (SSSR count). The number of ether oxygens (including phenoxy) is 1. The molecule has 0 aromatic carbocycles. The van der Waals surface area contributed by atoms with Gasteiger partial charge in [0.1, 0.15) is 5.82 Å². The van der Waals surface area contributed by atoms with Crippen LogP contribution in [0.15, 0.2) is 23.3 Å². The van der Waals surface area contributed by atoms with E-state index >= 15 is 0 Å². The molecule has 1 fully saturated rings. The van der Waals surface area contributed by atoms with Crippen LogP contribution in [0.25, 0.3) is 0 Å². The van der Waals surface area contributed by atoms with E-state index in [2.05, 4.69) is 66.1 Å². The Balaban J connectivity index is 1.92. The van der Waals surface area contributed by atoms with Crippen molar-refractivity contribution in [2.24, 2.45) is 4.99 Å². The number of aliphatic imine (C=N–C) groups is 1. The maximum atomic E-state index is 5.47. The van der Waals surface area contributed by atoms with Gasteiger partial charge in [0.15, 0.2) is 5.96 Å². The minimum Gasteiger partial charge on any atom is -0.378 e. The molecule has 2 heterocycles. The molecule has 0 bridgehead atoms. The molecule has 1 aliphatic rings. The molecule has 0 atom stereocenters. The molecule has 29 heavy (non-hydrogen) atoms. The molecule has 7 heteroatoms. The fraction of sp³-hybridized carbons (Fsp3) is 0.727. The van der Waals surface area contributed by atoms with Crippen LogP contribution in [0.5, 0.6) is 0 Å². The second kappa shape index (κ2) is 12.6. The van der Waals surface area contributed by atoms with Gasteiger partial charge in [0.05, 0.1) is 19.8 Å². The molecule has 7 nitrogen and oxygen atoms in total. The lowest BCUT2D eigenvalue weighted by Crippen LogP contribution is -2.41. The van der Waals surface area contributed by atoms with Gasteiger partial charge in [0, 0.05) is 56.6 Å². The second-order valence-corrected chi connectivity index (χ2v) is 7.99. The Hall–Kier alpha value is -1.86. The van der Waals surface area contributed by atoms with Crippen molar-refractivity contribution < 1.29 is 4.74 Å². The second-order valence-electron chi connectivity index (χ2n) is 7.99. The van der Waals surface area contributed by atoms with Gasteiger partial charge in [-0.2, -0.15) is 0 Å². The Morgan fingerprint density at radius 1 is 1.21 bits per heavy atom. The van der Waals surface area contributed by atoms with E-state index in [0.29, 0.717) is 18.6 Å². The molecule has 2 N–H and O–H groups in total. The standard InChI is InChI=1S/C22H40N6O/c1-6-23-22(25-11-8-12-28(18(2)3)19(4)5)26-17-20-9-7-10-24-21(20)27-13-15-29-16-14-27/h7,9-10,18-19H,6,8,11-17H2,1-5H3,(H2,23,25,26). The molecule has 1 aromatic heterocycles. The van der Waals surface area contributed by atoms with Gasteiger partial charge in [-0.1, -0.05) is 6.07 Å². The monoisotopic (exact) mass is 404 g/mol. The van der Waals surface area contributed by atoms with E-state index in [-0.39, 0.29) is 0 Å². The third-order valence-corrected chi connectivity index (χ3v) is 5.14. The smallest absolute Gasteiger partial charge is 0.191 e. The number of hydrogen-bond acceptors (Lipinski definition) is 5. The summed E-state index contributed by atoms with van der Waals surface area (Å²) in [5.41, 5.74) is 1.15. The van der Waals surface area contributed by atoms with Crippen LogP contribution in [-0.4, -0.2) is 73.9 Å². The van der Waals surface area contributed by atoms with Crippen molar-refractivity contribution >= 4 is 11.8 Å². The van der Waals surface area contributed by atoms with Crippen molar-refractivity contribution in [1.29, 1.82) is 0 Å². The first-order chi connectivity index (χ1) is 14.0. The highest BCUT2D eigenvalue weighted by molar-refractivity contribution is 5.79. The predicted octanol–water partition coefficient (Wildman–Crippen LogP) is 2.48. The fourth-order valence-electron chi connectivity index (χ4n) is 3.70. The molecule has 1 aromatic rings. The largest absolute Gasteiger partial charge is 0.378 e. The van der Waals surface area contributed by atoms with Crippen LogP contribution < -0.4 is 15.5 Å². The van der Waals surface area contributed by atoms with Gasteiger partial charge < -0.3 is 20.3 Å². The quantitative estimate of drug-likeness (QED) is 0.355. The van der Waals surface area contributed by atoms with Crippen molar-refractivity contribution in [2.45, 2.75) is 59.7 Å². The molecular weight excluding hydrogens is 364 g/mol. The van der Waals surface area contributed by atoms with E-state index < -0.39 is 0 Å². The first-order valence-electron chi connectivity index (χ1n) is 11.1. The molecule has 0 unspecified atom stereocenters. The normalized spacial score (nSPS) is 15.4. The van der Waals surface area contributed by atoms with Crippen molar-refractivity contribution in [3.8, 4) is 0 Å². The summed E-state index contributed by atoms with van der Waals surface area (Å²) in [7, 11) is 0. The molecule has 0 radical (unpaired) electrons. The summed E-state index contributed by atoms with van der Waals surface area (Å²) in [4.78, 5) is 14.2. The summed E-state index contributed by atoms with van der Waals surface area (Å²) in [5, 5.41) is 6.84. The number of nitrogens with zero attached hydrogens (tertiary/aromatic N) is 4. The van der Waals surface area contributed by atoms with Crippen LogP contribution in [-0.2, 0) is 11.3 Å². The van der Waals surface area contributed by atoms with Crippen LogP contribution in [0.3, 0.4) is 0 Å². The summed E-state index contributed by atoms with van der Waals surface area (Å²) in [6.45, 7) is 17.9. The molecular formula is C22H40N6O. The van der Waals surface area contributed by atoms with E-state index in [1.54, 1.807) is 0 Å². The average Bonchev–Trinajstić information content (AvgIpc) is 2.72. The van der Waals surface area contributed by atoms with Gasteiger partial charge >= 0.3 is 0 Å². The van der Waals surface area contributed by atoms with Crippen molar-refractivity contribution in [3.63, 3.8) is 0 Å². The molecule has 0 saturated carbocycles. The van der Waals surface area contributed by atoms with Gasteiger partial charge in [-0.3, -0.25) is 4.90 Å². The van der Waals surface area contributed by atoms with Crippen molar-refractivity contribution in [2.75, 3.05) is 50.8 Å². The summed E-state index contributed by atoms with van der Waals surface area (Å²) in [5.74, 6) is 1.89. The average molecular weight is 405 g/mol. The topological polar surface area (TPSA) is 65.0 Å². The highest BCUT2D eigenvalue weighted by atomic mass is 16.5. The zero-order valence-corrected chi connectivity index (χ0v) is 18.9. The van der Waals surface area contributed by atoms with E-state index in [0.717, 1.165) is 69.7 Å². The Bertz CT molecular complexity index is 605. The lowest BCUT2D eigenvalue weighted by molar-refractivity contribution is 0.122. The third kappa shape index (κ3) is 7.82. The zero-order valence-electron chi connectivity index (χ0n) is 18.9. The predicted molar refractivity (Wildman–Crippen MR) is 122 cm³/mol. The van der Waals surface area contributed by atoms with E-state index in [4.69, 9.17) is 9.73 Å². The summed E-state index contributed by atoms with van der Waals surface area (Å²) in [6.07, 6.45) is 2.95. The molecule has 0 aliphatic carbocycles. The molecule has 1 saturated heterocycles. The van der Waals surface area contributed by atoms with E-state index in [1.165, 1.54) is 0 Å². The first kappa shape index (κ1) is 23.4. The van der Waals surface area contributed by atoms with E-state index in [1.807, 2.05) is 12.3 Å². The number of pyridine rings is 1. The van der Waals surface area contributed by atoms with Crippen LogP contribution in [0, 0.1) is 0 Å². The summed E-state index contributed by atoms with van der Waals surface area (Å²) < 4.78 is 5.47. The highest BCUT2D eigenvalue weighted by Crippen LogP contribution is 2.19. The third-order valence-electron chi connectivity index (χ3n) is 5.14. The van der Waals surface area contributed by atoms with Crippen molar-refractivity contribution in [3.05, 3.63) is 23.9 Å². The lowest BCUT2D eigenvalue weighted by Gasteiger charge is -2.30. The van der Waals surface area contributed by atoms with Gasteiger partial charge in [-0.25, -0.2) is 9.98 Å². The molecule has 0 amide bonds.